The number of halogens is 1. The number of rotatable bonds is 3. The minimum absolute atomic E-state index is 0.0696. The van der Waals surface area contributed by atoms with Crippen molar-refractivity contribution in [3.05, 3.63) is 30.1 Å². The second-order valence-corrected chi connectivity index (χ2v) is 4.74. The average Bonchev–Trinajstić information content (AvgIpc) is 2.53. The Morgan fingerprint density at radius 1 is 1.14 bits per heavy atom. The van der Waals surface area contributed by atoms with Gasteiger partial charge in [0.2, 0.25) is 0 Å². The molecule has 6 nitrogen and oxygen atoms in total. The molecule has 0 atom stereocenters. The summed E-state index contributed by atoms with van der Waals surface area (Å²) in [6, 6.07) is 6.19. The van der Waals surface area contributed by atoms with E-state index in [-0.39, 0.29) is 19.0 Å². The Morgan fingerprint density at radius 3 is 2.33 bits per heavy atom. The third-order valence-corrected chi connectivity index (χ3v) is 3.35. The summed E-state index contributed by atoms with van der Waals surface area (Å²) in [5.74, 6) is -1.56. The Hall–Kier alpha value is -2.15. The van der Waals surface area contributed by atoms with Gasteiger partial charge in [0.1, 0.15) is 5.82 Å². The first-order valence-electron chi connectivity index (χ1n) is 6.80. The summed E-state index contributed by atoms with van der Waals surface area (Å²) in [4.78, 5) is 26.9. The maximum Gasteiger partial charge on any atom is 0.312 e. The molecule has 0 spiro atoms. The van der Waals surface area contributed by atoms with E-state index in [4.69, 9.17) is 5.11 Å². The van der Waals surface area contributed by atoms with Crippen molar-refractivity contribution in [2.45, 2.75) is 0 Å². The topological polar surface area (TPSA) is 72.9 Å². The van der Waals surface area contributed by atoms with Crippen LogP contribution in [-0.4, -0.2) is 61.2 Å². The van der Waals surface area contributed by atoms with Crippen LogP contribution in [-0.2, 0) is 9.59 Å². The van der Waals surface area contributed by atoms with Crippen molar-refractivity contribution in [1.29, 1.82) is 0 Å². The number of carbonyl (C=O) groups is 2. The Morgan fingerprint density at radius 2 is 1.76 bits per heavy atom. The van der Waals surface area contributed by atoms with E-state index in [2.05, 4.69) is 5.32 Å². The highest BCUT2D eigenvalue weighted by atomic mass is 19.1. The van der Waals surface area contributed by atoms with E-state index >= 15 is 0 Å². The van der Waals surface area contributed by atoms with Gasteiger partial charge in [-0.25, -0.2) is 4.39 Å². The molecule has 1 saturated heterocycles. The average molecular weight is 295 g/mol. The van der Waals surface area contributed by atoms with Gasteiger partial charge < -0.3 is 20.2 Å². The van der Waals surface area contributed by atoms with Crippen LogP contribution in [0.3, 0.4) is 0 Å². The van der Waals surface area contributed by atoms with Crippen molar-refractivity contribution in [3.63, 3.8) is 0 Å². The van der Waals surface area contributed by atoms with E-state index in [1.807, 2.05) is 4.90 Å². The van der Waals surface area contributed by atoms with Crippen LogP contribution in [0.15, 0.2) is 24.3 Å². The fourth-order valence-electron chi connectivity index (χ4n) is 2.21. The number of aliphatic hydroxyl groups excluding tert-OH is 1. The third kappa shape index (κ3) is 3.91. The van der Waals surface area contributed by atoms with Crippen LogP contribution in [0.25, 0.3) is 0 Å². The molecule has 0 aromatic heterocycles. The van der Waals surface area contributed by atoms with Crippen molar-refractivity contribution in [1.82, 2.24) is 10.2 Å². The van der Waals surface area contributed by atoms with Crippen molar-refractivity contribution >= 4 is 17.5 Å². The van der Waals surface area contributed by atoms with E-state index in [1.165, 1.54) is 17.0 Å². The number of aliphatic hydroxyl groups is 1. The maximum atomic E-state index is 12.9. The van der Waals surface area contributed by atoms with Gasteiger partial charge >= 0.3 is 11.8 Å². The molecule has 2 rings (SSSR count). The summed E-state index contributed by atoms with van der Waals surface area (Å²) in [5.41, 5.74) is 0.897. The summed E-state index contributed by atoms with van der Waals surface area (Å²) in [5, 5.41) is 11.0. The fraction of sp³-hybridized carbons (Fsp3) is 0.429. The van der Waals surface area contributed by atoms with Crippen LogP contribution in [0.2, 0.25) is 0 Å². The molecular formula is C14H18FN3O3. The minimum atomic E-state index is -0.695. The van der Waals surface area contributed by atoms with Gasteiger partial charge in [0, 0.05) is 38.4 Å². The fourth-order valence-corrected chi connectivity index (χ4v) is 2.21. The van der Waals surface area contributed by atoms with Gasteiger partial charge in [-0.05, 0) is 24.3 Å². The van der Waals surface area contributed by atoms with E-state index < -0.39 is 11.8 Å². The highest BCUT2D eigenvalue weighted by molar-refractivity contribution is 6.35. The van der Waals surface area contributed by atoms with E-state index in [9.17, 15) is 14.0 Å². The molecule has 1 aliphatic heterocycles. The molecule has 0 bridgehead atoms. The predicted molar refractivity (Wildman–Crippen MR) is 75.3 cm³/mol. The normalized spacial score (nSPS) is 15.0. The third-order valence-electron chi connectivity index (χ3n) is 3.35. The molecule has 2 N–H and O–H groups in total. The number of benzene rings is 1. The molecule has 1 fully saturated rings. The summed E-state index contributed by atoms with van der Waals surface area (Å²) in [6.07, 6.45) is 0. The van der Waals surface area contributed by atoms with Crippen molar-refractivity contribution in [2.75, 3.05) is 44.2 Å². The molecule has 114 valence electrons. The first kappa shape index (κ1) is 15.2. The van der Waals surface area contributed by atoms with Crippen LogP contribution in [0.5, 0.6) is 0 Å². The standard InChI is InChI=1S/C14H18FN3O3/c15-11-1-3-12(4-2-11)17-6-8-18(9-7-17)14(21)13(20)16-5-10-19/h1-4,19H,5-10H2,(H,16,20). The van der Waals surface area contributed by atoms with Crippen LogP contribution in [0.1, 0.15) is 0 Å². The van der Waals surface area contributed by atoms with Gasteiger partial charge in [0.25, 0.3) is 0 Å². The van der Waals surface area contributed by atoms with Crippen molar-refractivity contribution < 1.29 is 19.1 Å². The van der Waals surface area contributed by atoms with E-state index in [0.29, 0.717) is 26.2 Å². The van der Waals surface area contributed by atoms with Crippen molar-refractivity contribution in [2.24, 2.45) is 0 Å². The number of nitrogens with zero attached hydrogens (tertiary/aromatic N) is 2. The van der Waals surface area contributed by atoms with Crippen LogP contribution in [0, 0.1) is 5.82 Å². The van der Waals surface area contributed by atoms with Gasteiger partial charge in [-0.15, -0.1) is 0 Å². The first-order chi connectivity index (χ1) is 10.1. The molecule has 7 heteroatoms. The number of nitrogens with one attached hydrogen (secondary N) is 1. The molecule has 1 aliphatic rings. The van der Waals surface area contributed by atoms with E-state index in [0.717, 1.165) is 5.69 Å². The largest absolute Gasteiger partial charge is 0.395 e. The van der Waals surface area contributed by atoms with Crippen molar-refractivity contribution in [3.8, 4) is 0 Å². The van der Waals surface area contributed by atoms with E-state index in [1.54, 1.807) is 12.1 Å². The molecule has 0 saturated carbocycles. The molecule has 21 heavy (non-hydrogen) atoms. The molecule has 0 unspecified atom stereocenters. The second-order valence-electron chi connectivity index (χ2n) is 4.74. The summed E-state index contributed by atoms with van der Waals surface area (Å²) in [7, 11) is 0. The monoisotopic (exact) mass is 295 g/mol. The molecule has 0 radical (unpaired) electrons. The molecule has 1 aromatic rings. The number of hydrogen-bond acceptors (Lipinski definition) is 4. The Bertz CT molecular complexity index is 499. The quantitative estimate of drug-likeness (QED) is 0.743. The number of carbonyl (C=O) groups excluding carboxylic acids is 2. The predicted octanol–water partition coefficient (Wildman–Crippen LogP) is -0.417. The number of piperazine rings is 1. The van der Waals surface area contributed by atoms with Crippen LogP contribution in [0.4, 0.5) is 10.1 Å². The Kier molecular flexibility index (Phi) is 5.10. The SMILES string of the molecule is O=C(NCCO)C(=O)N1CCN(c2ccc(F)cc2)CC1. The zero-order valence-corrected chi connectivity index (χ0v) is 11.6. The smallest absolute Gasteiger partial charge is 0.312 e. The highest BCUT2D eigenvalue weighted by Crippen LogP contribution is 2.16. The van der Waals surface area contributed by atoms with Gasteiger partial charge in [-0.2, -0.15) is 0 Å². The molecule has 0 aliphatic carbocycles. The molecule has 1 heterocycles. The lowest BCUT2D eigenvalue weighted by Crippen LogP contribution is -2.52. The van der Waals surface area contributed by atoms with Gasteiger partial charge in [-0.3, -0.25) is 9.59 Å². The molecule has 2 amide bonds. The molecular weight excluding hydrogens is 277 g/mol. The first-order valence-corrected chi connectivity index (χ1v) is 6.80. The number of hydrogen-bond donors (Lipinski definition) is 2. The minimum Gasteiger partial charge on any atom is -0.395 e. The number of amides is 2. The summed E-state index contributed by atoms with van der Waals surface area (Å²) >= 11 is 0. The number of anilines is 1. The zero-order valence-electron chi connectivity index (χ0n) is 11.6. The van der Waals surface area contributed by atoms with Gasteiger partial charge in [0.15, 0.2) is 0 Å². The summed E-state index contributed by atoms with van der Waals surface area (Å²) < 4.78 is 12.9. The van der Waals surface area contributed by atoms with Crippen LogP contribution >= 0.6 is 0 Å². The lowest BCUT2D eigenvalue weighted by molar-refractivity contribution is -0.146. The lowest BCUT2D eigenvalue weighted by Gasteiger charge is -2.35. The van der Waals surface area contributed by atoms with Gasteiger partial charge in [-0.1, -0.05) is 0 Å². The summed E-state index contributed by atoms with van der Waals surface area (Å²) in [6.45, 7) is 1.91. The Labute approximate surface area is 122 Å². The Balaban J connectivity index is 1.86. The molecule has 1 aromatic carbocycles. The van der Waals surface area contributed by atoms with Gasteiger partial charge in [0.05, 0.1) is 6.61 Å². The highest BCUT2D eigenvalue weighted by Gasteiger charge is 2.25. The maximum absolute atomic E-state index is 12.9. The second kappa shape index (κ2) is 7.03. The zero-order chi connectivity index (χ0) is 15.2. The van der Waals surface area contributed by atoms with Crippen LogP contribution < -0.4 is 10.2 Å². The lowest BCUT2D eigenvalue weighted by atomic mass is 10.2.